The molecule has 0 bridgehead atoms. The van der Waals surface area contributed by atoms with Crippen molar-refractivity contribution in [3.63, 3.8) is 0 Å². The summed E-state index contributed by atoms with van der Waals surface area (Å²) in [5, 5.41) is 120. The lowest BCUT2D eigenvalue weighted by atomic mass is 9.96. The highest BCUT2D eigenvalue weighted by atomic mass is 16.8. The normalized spacial score (nSPS) is 28.4. The fourth-order valence-electron chi connectivity index (χ4n) is 12.1. The van der Waals surface area contributed by atoms with Crippen LogP contribution in [0.1, 0.15) is 271 Å². The minimum atomic E-state index is -1.98. The fourth-order valence-corrected chi connectivity index (χ4v) is 12.1. The van der Waals surface area contributed by atoms with Gasteiger partial charge in [-0.25, -0.2) is 0 Å². The van der Waals surface area contributed by atoms with Crippen LogP contribution in [0.4, 0.5) is 0 Å². The maximum Gasteiger partial charge on any atom is 0.220 e. The Morgan fingerprint density at radius 1 is 0.393 bits per heavy atom. The second-order valence-corrected chi connectivity index (χ2v) is 25.7. The van der Waals surface area contributed by atoms with Crippen LogP contribution in [0.15, 0.2) is 36.5 Å². The first kappa shape index (κ1) is 81.2. The number of allylic oxidation sites excluding steroid dienone is 5. The van der Waals surface area contributed by atoms with Crippen molar-refractivity contribution < 1.29 is 89.4 Å². The van der Waals surface area contributed by atoms with Crippen molar-refractivity contribution in [1.82, 2.24) is 5.32 Å². The zero-order valence-electron chi connectivity index (χ0n) is 55.2. The highest BCUT2D eigenvalue weighted by Crippen LogP contribution is 2.33. The molecule has 3 aliphatic heterocycles. The number of hydrogen-bond donors (Lipinski definition) is 12. The van der Waals surface area contributed by atoms with Crippen LogP contribution < -0.4 is 5.32 Å². The van der Waals surface area contributed by atoms with Gasteiger partial charge in [0.25, 0.3) is 0 Å². The molecule has 0 aromatic heterocycles. The molecule has 12 N–H and O–H groups in total. The van der Waals surface area contributed by atoms with Crippen molar-refractivity contribution >= 4 is 5.91 Å². The smallest absolute Gasteiger partial charge is 0.220 e. The van der Waals surface area contributed by atoms with Gasteiger partial charge in [-0.05, 0) is 44.9 Å². The van der Waals surface area contributed by atoms with E-state index in [2.05, 4.69) is 43.5 Å². The minimum absolute atomic E-state index is 0.236. The first-order valence-corrected chi connectivity index (χ1v) is 35.7. The van der Waals surface area contributed by atoms with Gasteiger partial charge in [-0.1, -0.05) is 256 Å². The van der Waals surface area contributed by atoms with Crippen molar-refractivity contribution in [3.8, 4) is 0 Å². The van der Waals surface area contributed by atoms with E-state index in [1.165, 1.54) is 193 Å². The molecule has 1 amide bonds. The minimum Gasteiger partial charge on any atom is -0.394 e. The Kier molecular flexibility index (Phi) is 47.7. The number of rotatable bonds is 55. The molecule has 3 aliphatic rings. The van der Waals surface area contributed by atoms with Crippen LogP contribution in [0, 0.1) is 0 Å². The molecule has 0 spiro atoms. The highest BCUT2D eigenvalue weighted by molar-refractivity contribution is 5.76. The van der Waals surface area contributed by atoms with Gasteiger partial charge in [0.2, 0.25) is 5.91 Å². The standard InChI is InChI=1S/C70H129NO18/c1-3-5-7-9-11-13-15-17-18-19-20-21-22-23-24-25-26-27-28-29-30-31-32-33-34-36-38-40-42-44-46-48-58(76)71-53(54(75)47-45-43-41-39-37-35-16-14-12-10-8-6-4-2)52-84-68-64(82)61(79)66(56(50-73)86-68)89-70-65(83)62(80)67(57(51-74)87-70)88-69-63(81)60(78)59(77)55(49-72)85-69/h12,14,37,39,45,47,53-57,59-70,72-75,77-83H,3-11,13,15-36,38,40-44,46,48-52H2,1-2H3,(H,71,76)/b14-12+,39-37+,47-45+. The Balaban J connectivity index is 1.36. The maximum absolute atomic E-state index is 13.4. The third-order valence-corrected chi connectivity index (χ3v) is 17.9. The van der Waals surface area contributed by atoms with Crippen LogP contribution in [0.3, 0.4) is 0 Å². The van der Waals surface area contributed by atoms with Gasteiger partial charge in [-0.15, -0.1) is 0 Å². The Morgan fingerprint density at radius 2 is 0.719 bits per heavy atom. The van der Waals surface area contributed by atoms with Crippen LogP contribution in [0.2, 0.25) is 0 Å². The van der Waals surface area contributed by atoms with Gasteiger partial charge in [0.1, 0.15) is 73.2 Å². The van der Waals surface area contributed by atoms with E-state index in [9.17, 15) is 61.0 Å². The van der Waals surface area contributed by atoms with E-state index >= 15 is 0 Å². The zero-order chi connectivity index (χ0) is 64.7. The SMILES string of the molecule is CCCCC/C=C/CC/C=C/CC/C=C/C(O)C(COC1OC(CO)C(OC2OC(CO)C(OC3OC(CO)C(O)C(O)C3O)C(O)C2O)C(O)C1O)NC(=O)CCCCCCCCCCCCCCCCCCCCCCCCCCCCCCCCC. The lowest BCUT2D eigenvalue weighted by Crippen LogP contribution is -2.66. The summed E-state index contributed by atoms with van der Waals surface area (Å²) in [6, 6.07) is -0.993. The van der Waals surface area contributed by atoms with Gasteiger partial charge in [-0.2, -0.15) is 0 Å². The topological polar surface area (TPSA) is 307 Å². The maximum atomic E-state index is 13.4. The molecule has 3 fully saturated rings. The van der Waals surface area contributed by atoms with Crippen molar-refractivity contribution in [2.24, 2.45) is 0 Å². The molecule has 0 aliphatic carbocycles. The number of hydrogen-bond acceptors (Lipinski definition) is 18. The summed E-state index contributed by atoms with van der Waals surface area (Å²) in [7, 11) is 0. The number of amides is 1. The number of unbranched alkanes of at least 4 members (excludes halogenated alkanes) is 35. The third-order valence-electron chi connectivity index (χ3n) is 17.9. The fraction of sp³-hybridized carbons (Fsp3) is 0.900. The van der Waals surface area contributed by atoms with E-state index in [0.29, 0.717) is 12.8 Å². The molecule has 0 radical (unpaired) electrons. The predicted octanol–water partition coefficient (Wildman–Crippen LogP) is 9.61. The van der Waals surface area contributed by atoms with E-state index in [-0.39, 0.29) is 18.9 Å². The summed E-state index contributed by atoms with van der Waals surface area (Å²) < 4.78 is 34.3. The third kappa shape index (κ3) is 34.3. The molecular weight excluding hydrogens is 1140 g/mol. The molecule has 3 rings (SSSR count). The monoisotopic (exact) mass is 1270 g/mol. The predicted molar refractivity (Wildman–Crippen MR) is 346 cm³/mol. The quantitative estimate of drug-likeness (QED) is 0.0199. The molecule has 0 saturated carbocycles. The zero-order valence-corrected chi connectivity index (χ0v) is 55.2. The van der Waals surface area contributed by atoms with Gasteiger partial charge >= 0.3 is 0 Å². The molecular formula is C70H129NO18. The molecule has 17 atom stereocenters. The van der Waals surface area contributed by atoms with Gasteiger partial charge in [0, 0.05) is 6.42 Å². The van der Waals surface area contributed by atoms with Crippen LogP contribution in [-0.2, 0) is 33.2 Å². The number of nitrogens with one attached hydrogen (secondary N) is 1. The molecule has 3 heterocycles. The Bertz CT molecular complexity index is 1760. The van der Waals surface area contributed by atoms with Gasteiger partial charge in [0.15, 0.2) is 18.9 Å². The van der Waals surface area contributed by atoms with E-state index in [1.807, 2.05) is 6.08 Å². The first-order chi connectivity index (χ1) is 43.3. The second kappa shape index (κ2) is 52.3. The summed E-state index contributed by atoms with van der Waals surface area (Å²) in [5.74, 6) is -0.286. The summed E-state index contributed by atoms with van der Waals surface area (Å²) in [4.78, 5) is 13.4. The lowest BCUT2D eigenvalue weighted by Gasteiger charge is -2.48. The highest BCUT2D eigenvalue weighted by Gasteiger charge is 2.53. The molecule has 19 heteroatoms. The average Bonchev–Trinajstić information content (AvgIpc) is 3.18. The van der Waals surface area contributed by atoms with Crippen LogP contribution in [0.5, 0.6) is 0 Å². The second-order valence-electron chi connectivity index (χ2n) is 25.7. The Hall–Kier alpha value is -1.99. The average molecular weight is 1270 g/mol. The van der Waals surface area contributed by atoms with E-state index in [0.717, 1.165) is 44.9 Å². The van der Waals surface area contributed by atoms with E-state index in [1.54, 1.807) is 6.08 Å². The first-order valence-electron chi connectivity index (χ1n) is 35.7. The van der Waals surface area contributed by atoms with Gasteiger partial charge < -0.3 is 89.9 Å². The van der Waals surface area contributed by atoms with Crippen molar-refractivity contribution in [2.75, 3.05) is 26.4 Å². The molecule has 0 aromatic rings. The van der Waals surface area contributed by atoms with Gasteiger partial charge in [-0.3, -0.25) is 4.79 Å². The number of aliphatic hydroxyl groups is 11. The molecule has 17 unspecified atom stereocenters. The van der Waals surface area contributed by atoms with Crippen LogP contribution in [-0.4, -0.2) is 193 Å². The molecule has 3 saturated heterocycles. The number of ether oxygens (including phenoxy) is 6. The number of carbonyl (C=O) groups excluding carboxylic acids is 1. The van der Waals surface area contributed by atoms with E-state index in [4.69, 9.17) is 28.4 Å². The molecule has 19 nitrogen and oxygen atoms in total. The Labute approximate surface area is 536 Å². The van der Waals surface area contributed by atoms with Crippen molar-refractivity contribution in [3.05, 3.63) is 36.5 Å². The summed E-state index contributed by atoms with van der Waals surface area (Å²) in [5.41, 5.74) is 0. The molecule has 89 heavy (non-hydrogen) atoms. The van der Waals surface area contributed by atoms with Crippen LogP contribution >= 0.6 is 0 Å². The molecule has 522 valence electrons. The number of carbonyl (C=O) groups is 1. The van der Waals surface area contributed by atoms with Crippen molar-refractivity contribution in [1.29, 1.82) is 0 Å². The summed E-state index contributed by atoms with van der Waals surface area (Å²) in [6.45, 7) is 1.69. The lowest BCUT2D eigenvalue weighted by molar-refractivity contribution is -0.379. The van der Waals surface area contributed by atoms with E-state index < -0.39 is 124 Å². The van der Waals surface area contributed by atoms with Crippen LogP contribution in [0.25, 0.3) is 0 Å². The molecule has 0 aromatic carbocycles. The van der Waals surface area contributed by atoms with Gasteiger partial charge in [0.05, 0.1) is 38.6 Å². The summed E-state index contributed by atoms with van der Waals surface area (Å²) in [6.07, 6.45) is 34.5. The Morgan fingerprint density at radius 3 is 1.12 bits per heavy atom. The largest absolute Gasteiger partial charge is 0.394 e. The summed E-state index contributed by atoms with van der Waals surface area (Å²) >= 11 is 0. The van der Waals surface area contributed by atoms with Crippen molar-refractivity contribution in [2.45, 2.75) is 375 Å². The number of aliphatic hydroxyl groups excluding tert-OH is 11.